The second kappa shape index (κ2) is 7.49. The van der Waals surface area contributed by atoms with Gasteiger partial charge in [-0.1, -0.05) is 6.07 Å². The molecule has 24 heavy (non-hydrogen) atoms. The molecular weight excluding hydrogens is 324 g/mol. The molecule has 0 unspecified atom stereocenters. The summed E-state index contributed by atoms with van der Waals surface area (Å²) >= 11 is 1.47. The molecule has 2 aromatic rings. The summed E-state index contributed by atoms with van der Waals surface area (Å²) in [7, 11) is 1.60. The maximum absolute atomic E-state index is 12.2. The minimum atomic E-state index is -0.151. The van der Waals surface area contributed by atoms with Gasteiger partial charge in [0.1, 0.15) is 5.75 Å². The van der Waals surface area contributed by atoms with Crippen LogP contribution in [0.1, 0.15) is 34.3 Å². The summed E-state index contributed by atoms with van der Waals surface area (Å²) in [6.07, 6.45) is 3.32. The van der Waals surface area contributed by atoms with Crippen molar-refractivity contribution in [2.24, 2.45) is 0 Å². The van der Waals surface area contributed by atoms with E-state index in [0.29, 0.717) is 17.9 Å². The Labute approximate surface area is 145 Å². The van der Waals surface area contributed by atoms with Crippen molar-refractivity contribution in [2.45, 2.75) is 25.7 Å². The van der Waals surface area contributed by atoms with Crippen LogP contribution in [0.15, 0.2) is 29.0 Å². The SMILES string of the molecule is COc1ccc2c(c1NC(=O)CCNC(=O)c1ccsc1)CCC2. The number of amides is 2. The fraction of sp³-hybridized carbons (Fsp3) is 0.333. The molecule has 6 heteroatoms. The van der Waals surface area contributed by atoms with E-state index in [1.165, 1.54) is 22.5 Å². The van der Waals surface area contributed by atoms with Crippen LogP contribution in [-0.4, -0.2) is 25.5 Å². The second-order valence-corrected chi connectivity index (χ2v) is 6.48. The number of aryl methyl sites for hydroxylation is 1. The van der Waals surface area contributed by atoms with Crippen LogP contribution in [0.25, 0.3) is 0 Å². The first kappa shape index (κ1) is 16.5. The summed E-state index contributed by atoms with van der Waals surface area (Å²) in [6, 6.07) is 5.73. The minimum absolute atomic E-state index is 0.126. The largest absolute Gasteiger partial charge is 0.495 e. The summed E-state index contributed by atoms with van der Waals surface area (Å²) in [6.45, 7) is 0.303. The summed E-state index contributed by atoms with van der Waals surface area (Å²) in [4.78, 5) is 24.1. The molecule has 0 bridgehead atoms. The Hall–Kier alpha value is -2.34. The topological polar surface area (TPSA) is 67.4 Å². The molecule has 1 aliphatic carbocycles. The van der Waals surface area contributed by atoms with Gasteiger partial charge >= 0.3 is 0 Å². The standard InChI is InChI=1S/C18H20N2O3S/c1-23-15-6-5-12-3-2-4-14(12)17(15)20-16(21)7-9-19-18(22)13-8-10-24-11-13/h5-6,8,10-11H,2-4,7,9H2,1H3,(H,19,22)(H,20,21). The van der Waals surface area contributed by atoms with Gasteiger partial charge in [-0.2, -0.15) is 11.3 Å². The summed E-state index contributed by atoms with van der Waals surface area (Å²) < 4.78 is 5.38. The molecule has 0 fully saturated rings. The summed E-state index contributed by atoms with van der Waals surface area (Å²) in [5.74, 6) is 0.410. The molecule has 2 N–H and O–H groups in total. The first-order chi connectivity index (χ1) is 11.7. The minimum Gasteiger partial charge on any atom is -0.495 e. The van der Waals surface area contributed by atoms with E-state index in [1.54, 1.807) is 18.6 Å². The number of rotatable bonds is 6. The molecule has 1 aromatic carbocycles. The molecule has 0 saturated carbocycles. The van der Waals surface area contributed by atoms with Crippen molar-refractivity contribution < 1.29 is 14.3 Å². The van der Waals surface area contributed by atoms with Crippen molar-refractivity contribution in [1.82, 2.24) is 5.32 Å². The Kier molecular flexibility index (Phi) is 5.15. The second-order valence-electron chi connectivity index (χ2n) is 5.70. The van der Waals surface area contributed by atoms with Crippen molar-refractivity contribution in [3.63, 3.8) is 0 Å². The quantitative estimate of drug-likeness (QED) is 0.846. The molecule has 126 valence electrons. The van der Waals surface area contributed by atoms with Gasteiger partial charge in [0.2, 0.25) is 5.91 Å². The number of hydrogen-bond donors (Lipinski definition) is 2. The molecule has 1 aromatic heterocycles. The first-order valence-corrected chi connectivity index (χ1v) is 8.92. The number of hydrogen-bond acceptors (Lipinski definition) is 4. The van der Waals surface area contributed by atoms with E-state index in [2.05, 4.69) is 16.7 Å². The van der Waals surface area contributed by atoms with Crippen molar-refractivity contribution in [3.05, 3.63) is 45.6 Å². The van der Waals surface area contributed by atoms with Crippen molar-refractivity contribution in [1.29, 1.82) is 0 Å². The Balaban J connectivity index is 1.57. The smallest absolute Gasteiger partial charge is 0.252 e. The molecule has 0 atom stereocenters. The highest BCUT2D eigenvalue weighted by atomic mass is 32.1. The average Bonchev–Trinajstić information content (AvgIpc) is 3.26. The van der Waals surface area contributed by atoms with E-state index in [9.17, 15) is 9.59 Å². The Bertz CT molecular complexity index is 741. The molecule has 1 heterocycles. The van der Waals surface area contributed by atoms with Crippen molar-refractivity contribution >= 4 is 28.8 Å². The predicted octanol–water partition coefficient (Wildman–Crippen LogP) is 3.00. The number of carbonyl (C=O) groups excluding carboxylic acids is 2. The molecule has 0 aliphatic heterocycles. The fourth-order valence-electron chi connectivity index (χ4n) is 2.94. The number of ether oxygens (including phenoxy) is 1. The van der Waals surface area contributed by atoms with Gasteiger partial charge in [-0.3, -0.25) is 9.59 Å². The number of thiophene rings is 1. The van der Waals surface area contributed by atoms with Crippen LogP contribution in [0.4, 0.5) is 5.69 Å². The summed E-state index contributed by atoms with van der Waals surface area (Å²) in [5.41, 5.74) is 3.85. The van der Waals surface area contributed by atoms with E-state index < -0.39 is 0 Å². The maximum atomic E-state index is 12.2. The average molecular weight is 344 g/mol. The summed E-state index contributed by atoms with van der Waals surface area (Å²) in [5, 5.41) is 9.35. The lowest BCUT2D eigenvalue weighted by Crippen LogP contribution is -2.27. The number of methoxy groups -OCH3 is 1. The molecule has 0 spiro atoms. The molecule has 1 aliphatic rings. The normalized spacial score (nSPS) is 12.5. The molecule has 2 amide bonds. The van der Waals surface area contributed by atoms with Gasteiger partial charge in [0, 0.05) is 23.9 Å². The van der Waals surface area contributed by atoms with Crippen LogP contribution in [0.5, 0.6) is 5.75 Å². The Morgan fingerprint density at radius 1 is 1.25 bits per heavy atom. The Morgan fingerprint density at radius 3 is 2.88 bits per heavy atom. The lowest BCUT2D eigenvalue weighted by Gasteiger charge is -2.15. The first-order valence-electron chi connectivity index (χ1n) is 7.98. The van der Waals surface area contributed by atoms with Gasteiger partial charge in [0.15, 0.2) is 0 Å². The van der Waals surface area contributed by atoms with Crippen molar-refractivity contribution in [3.8, 4) is 5.75 Å². The number of fused-ring (bicyclic) bond motifs is 1. The Morgan fingerprint density at radius 2 is 2.12 bits per heavy atom. The van der Waals surface area contributed by atoms with Gasteiger partial charge in [-0.25, -0.2) is 0 Å². The highest BCUT2D eigenvalue weighted by molar-refractivity contribution is 7.08. The molecular formula is C18H20N2O3S. The fourth-order valence-corrected chi connectivity index (χ4v) is 3.58. The van der Waals surface area contributed by atoms with Gasteiger partial charge < -0.3 is 15.4 Å². The predicted molar refractivity (Wildman–Crippen MR) is 94.9 cm³/mol. The lowest BCUT2D eigenvalue weighted by molar-refractivity contribution is -0.116. The molecule has 0 radical (unpaired) electrons. The zero-order valence-electron chi connectivity index (χ0n) is 13.6. The van der Waals surface area contributed by atoms with E-state index in [4.69, 9.17) is 4.74 Å². The van der Waals surface area contributed by atoms with E-state index in [0.717, 1.165) is 24.9 Å². The zero-order valence-corrected chi connectivity index (χ0v) is 14.4. The monoisotopic (exact) mass is 344 g/mol. The van der Waals surface area contributed by atoms with Gasteiger partial charge in [0.25, 0.3) is 5.91 Å². The van der Waals surface area contributed by atoms with Gasteiger partial charge in [-0.05, 0) is 47.9 Å². The third kappa shape index (κ3) is 3.59. The van der Waals surface area contributed by atoms with E-state index in [1.807, 2.05) is 11.4 Å². The molecule has 5 nitrogen and oxygen atoms in total. The third-order valence-electron chi connectivity index (χ3n) is 4.15. The van der Waals surface area contributed by atoms with Crippen LogP contribution in [0.3, 0.4) is 0 Å². The highest BCUT2D eigenvalue weighted by Crippen LogP contribution is 2.36. The van der Waals surface area contributed by atoms with E-state index >= 15 is 0 Å². The number of benzene rings is 1. The van der Waals surface area contributed by atoms with Crippen molar-refractivity contribution in [2.75, 3.05) is 19.0 Å². The van der Waals surface area contributed by atoms with Gasteiger partial charge in [-0.15, -0.1) is 0 Å². The number of nitrogens with one attached hydrogen (secondary N) is 2. The van der Waals surface area contributed by atoms with E-state index in [-0.39, 0.29) is 18.2 Å². The molecule has 3 rings (SSSR count). The zero-order chi connectivity index (χ0) is 16.9. The van der Waals surface area contributed by atoms with Crippen LogP contribution >= 0.6 is 11.3 Å². The van der Waals surface area contributed by atoms with Crippen LogP contribution < -0.4 is 15.4 Å². The van der Waals surface area contributed by atoms with Crippen LogP contribution in [0, 0.1) is 0 Å². The number of carbonyl (C=O) groups is 2. The lowest BCUT2D eigenvalue weighted by atomic mass is 10.1. The highest BCUT2D eigenvalue weighted by Gasteiger charge is 2.20. The maximum Gasteiger partial charge on any atom is 0.252 e. The van der Waals surface area contributed by atoms with Crippen LogP contribution in [-0.2, 0) is 17.6 Å². The third-order valence-corrected chi connectivity index (χ3v) is 4.83. The number of anilines is 1. The van der Waals surface area contributed by atoms with Gasteiger partial charge in [0.05, 0.1) is 12.8 Å². The van der Waals surface area contributed by atoms with Crippen LogP contribution in [0.2, 0.25) is 0 Å². The molecule has 0 saturated heterocycles.